The number of nitrogens with zero attached hydrogens (tertiary/aromatic N) is 2. The SMILES string of the molecule is CCC(CC)C(CNS(=O)(=O)c1c(C)n[nH]c1C)N(C)C. The fraction of sp³-hybridized carbons (Fsp3) is 0.786. The van der Waals surface area contributed by atoms with Gasteiger partial charge < -0.3 is 4.90 Å². The second kappa shape index (κ2) is 7.38. The lowest BCUT2D eigenvalue weighted by molar-refractivity contribution is 0.201. The van der Waals surface area contributed by atoms with E-state index >= 15 is 0 Å². The molecular formula is C14H28N4O2S. The highest BCUT2D eigenvalue weighted by atomic mass is 32.2. The highest BCUT2D eigenvalue weighted by Crippen LogP contribution is 2.19. The van der Waals surface area contributed by atoms with Gasteiger partial charge in [-0.2, -0.15) is 5.10 Å². The summed E-state index contributed by atoms with van der Waals surface area (Å²) in [5.74, 6) is 0.467. The first-order valence-electron chi connectivity index (χ1n) is 7.42. The second-order valence-corrected chi connectivity index (χ2v) is 7.43. The molecule has 0 aliphatic heterocycles. The Labute approximate surface area is 128 Å². The van der Waals surface area contributed by atoms with Crippen molar-refractivity contribution in [1.29, 1.82) is 0 Å². The van der Waals surface area contributed by atoms with Gasteiger partial charge >= 0.3 is 0 Å². The van der Waals surface area contributed by atoms with Crippen LogP contribution in [0.1, 0.15) is 38.1 Å². The number of aromatic nitrogens is 2. The molecule has 122 valence electrons. The van der Waals surface area contributed by atoms with E-state index in [1.54, 1.807) is 13.8 Å². The first kappa shape index (κ1) is 18.1. The fourth-order valence-corrected chi connectivity index (χ4v) is 4.23. The maximum absolute atomic E-state index is 12.5. The molecular weight excluding hydrogens is 288 g/mol. The van der Waals surface area contributed by atoms with Crippen molar-refractivity contribution in [3.05, 3.63) is 11.4 Å². The number of hydrogen-bond acceptors (Lipinski definition) is 4. The topological polar surface area (TPSA) is 78.1 Å². The van der Waals surface area contributed by atoms with Crippen LogP contribution in [0.4, 0.5) is 0 Å². The molecule has 0 aromatic carbocycles. The normalized spacial score (nSPS) is 14.1. The molecule has 21 heavy (non-hydrogen) atoms. The standard InChI is InChI=1S/C14H28N4O2S/c1-7-12(8-2)13(18(5)6)9-15-21(19,20)14-10(3)16-17-11(14)4/h12-13,15H,7-9H2,1-6H3,(H,16,17). The van der Waals surface area contributed by atoms with Gasteiger partial charge in [-0.3, -0.25) is 5.10 Å². The Bertz CT molecular complexity index is 528. The molecule has 1 aromatic rings. The monoisotopic (exact) mass is 316 g/mol. The fourth-order valence-electron chi connectivity index (χ4n) is 2.81. The van der Waals surface area contributed by atoms with Crippen LogP contribution >= 0.6 is 0 Å². The van der Waals surface area contributed by atoms with Crippen LogP contribution in [0.2, 0.25) is 0 Å². The van der Waals surface area contributed by atoms with Crippen LogP contribution in [0.15, 0.2) is 4.90 Å². The van der Waals surface area contributed by atoms with Gasteiger partial charge in [0.05, 0.1) is 11.4 Å². The van der Waals surface area contributed by atoms with Crippen molar-refractivity contribution in [2.75, 3.05) is 20.6 Å². The van der Waals surface area contributed by atoms with Gasteiger partial charge in [-0.15, -0.1) is 0 Å². The highest BCUT2D eigenvalue weighted by Gasteiger charge is 2.26. The van der Waals surface area contributed by atoms with Crippen LogP contribution in [-0.2, 0) is 10.0 Å². The molecule has 6 nitrogen and oxygen atoms in total. The van der Waals surface area contributed by atoms with E-state index in [1.165, 1.54) is 0 Å². The Balaban J connectivity index is 2.89. The van der Waals surface area contributed by atoms with E-state index in [1.807, 2.05) is 14.1 Å². The van der Waals surface area contributed by atoms with E-state index in [4.69, 9.17) is 0 Å². The van der Waals surface area contributed by atoms with Crippen LogP contribution in [0.25, 0.3) is 0 Å². The number of hydrogen-bond donors (Lipinski definition) is 2. The minimum absolute atomic E-state index is 0.183. The molecule has 1 rings (SSSR count). The van der Waals surface area contributed by atoms with Crippen LogP contribution < -0.4 is 4.72 Å². The minimum atomic E-state index is -3.53. The lowest BCUT2D eigenvalue weighted by Crippen LogP contribution is -2.44. The number of H-pyrrole nitrogens is 1. The van der Waals surface area contributed by atoms with E-state index in [0.29, 0.717) is 23.9 Å². The van der Waals surface area contributed by atoms with E-state index in [9.17, 15) is 8.42 Å². The van der Waals surface area contributed by atoms with Gasteiger partial charge in [0.2, 0.25) is 10.0 Å². The van der Waals surface area contributed by atoms with Crippen LogP contribution in [0, 0.1) is 19.8 Å². The summed E-state index contributed by atoms with van der Waals surface area (Å²) in [5.41, 5.74) is 1.08. The van der Waals surface area contributed by atoms with E-state index in [2.05, 4.69) is 33.7 Å². The third-order valence-corrected chi connectivity index (χ3v) is 5.75. The number of aryl methyl sites for hydroxylation is 2. The molecule has 1 aromatic heterocycles. The molecule has 0 saturated carbocycles. The third-order valence-electron chi connectivity index (χ3n) is 4.07. The average molecular weight is 316 g/mol. The van der Waals surface area contributed by atoms with Crippen molar-refractivity contribution < 1.29 is 8.42 Å². The number of nitrogens with one attached hydrogen (secondary N) is 2. The summed E-state index contributed by atoms with van der Waals surface area (Å²) in [5, 5.41) is 6.68. The van der Waals surface area contributed by atoms with Gasteiger partial charge in [-0.05, 0) is 33.9 Å². The molecule has 1 heterocycles. The Kier molecular flexibility index (Phi) is 6.37. The van der Waals surface area contributed by atoms with E-state index < -0.39 is 10.0 Å². The van der Waals surface area contributed by atoms with Gasteiger partial charge in [0.25, 0.3) is 0 Å². The van der Waals surface area contributed by atoms with Gasteiger partial charge in [-0.1, -0.05) is 26.7 Å². The molecule has 7 heteroatoms. The Morgan fingerprint density at radius 3 is 2.19 bits per heavy atom. The summed E-state index contributed by atoms with van der Waals surface area (Å²) in [7, 11) is 0.456. The molecule has 0 radical (unpaired) electrons. The average Bonchev–Trinajstić information content (AvgIpc) is 2.74. The summed E-state index contributed by atoms with van der Waals surface area (Å²) < 4.78 is 27.7. The lowest BCUT2D eigenvalue weighted by atomic mass is 9.93. The molecule has 0 spiro atoms. The Morgan fingerprint density at radius 2 is 1.81 bits per heavy atom. The zero-order chi connectivity index (χ0) is 16.2. The molecule has 0 fully saturated rings. The van der Waals surface area contributed by atoms with Crippen LogP contribution in [0.5, 0.6) is 0 Å². The van der Waals surface area contributed by atoms with Crippen LogP contribution in [0.3, 0.4) is 0 Å². The summed E-state index contributed by atoms with van der Waals surface area (Å²) >= 11 is 0. The van der Waals surface area contributed by atoms with Crippen LogP contribution in [-0.4, -0.2) is 50.2 Å². The lowest BCUT2D eigenvalue weighted by Gasteiger charge is -2.31. The van der Waals surface area contributed by atoms with Crippen molar-refractivity contribution >= 4 is 10.0 Å². The predicted molar refractivity (Wildman–Crippen MR) is 84.8 cm³/mol. The van der Waals surface area contributed by atoms with Crippen molar-refractivity contribution in [3.8, 4) is 0 Å². The molecule has 1 unspecified atom stereocenters. The molecule has 2 N–H and O–H groups in total. The van der Waals surface area contributed by atoms with E-state index in [0.717, 1.165) is 12.8 Å². The maximum Gasteiger partial charge on any atom is 0.244 e. The Morgan fingerprint density at radius 1 is 1.24 bits per heavy atom. The minimum Gasteiger partial charge on any atom is -0.305 e. The summed E-state index contributed by atoms with van der Waals surface area (Å²) in [6, 6.07) is 0.183. The summed E-state index contributed by atoms with van der Waals surface area (Å²) in [6.45, 7) is 8.11. The van der Waals surface area contributed by atoms with Crippen molar-refractivity contribution in [2.45, 2.75) is 51.5 Å². The zero-order valence-electron chi connectivity index (χ0n) is 13.9. The smallest absolute Gasteiger partial charge is 0.244 e. The van der Waals surface area contributed by atoms with Gasteiger partial charge in [0, 0.05) is 12.6 Å². The summed E-state index contributed by atoms with van der Waals surface area (Å²) in [6.07, 6.45) is 2.07. The van der Waals surface area contributed by atoms with E-state index in [-0.39, 0.29) is 10.9 Å². The second-order valence-electron chi connectivity index (χ2n) is 5.72. The van der Waals surface area contributed by atoms with Gasteiger partial charge in [0.1, 0.15) is 4.90 Å². The predicted octanol–water partition coefficient (Wildman–Crippen LogP) is 1.67. The third kappa shape index (κ3) is 4.28. The number of sulfonamides is 1. The number of rotatable bonds is 8. The van der Waals surface area contributed by atoms with Crippen molar-refractivity contribution in [1.82, 2.24) is 19.8 Å². The quantitative estimate of drug-likeness (QED) is 0.765. The molecule has 0 aliphatic rings. The molecule has 0 bridgehead atoms. The molecule has 1 atom stereocenters. The Hall–Kier alpha value is -0.920. The molecule has 0 saturated heterocycles. The molecule has 0 amide bonds. The maximum atomic E-state index is 12.5. The summed E-state index contributed by atoms with van der Waals surface area (Å²) in [4.78, 5) is 2.36. The van der Waals surface area contributed by atoms with Crippen molar-refractivity contribution in [2.24, 2.45) is 5.92 Å². The van der Waals surface area contributed by atoms with Gasteiger partial charge in [0.15, 0.2) is 0 Å². The first-order chi connectivity index (χ1) is 9.74. The highest BCUT2D eigenvalue weighted by molar-refractivity contribution is 7.89. The van der Waals surface area contributed by atoms with Gasteiger partial charge in [-0.25, -0.2) is 13.1 Å². The van der Waals surface area contributed by atoms with Crippen molar-refractivity contribution in [3.63, 3.8) is 0 Å². The largest absolute Gasteiger partial charge is 0.305 e. The zero-order valence-corrected chi connectivity index (χ0v) is 14.7. The first-order valence-corrected chi connectivity index (χ1v) is 8.90. The molecule has 0 aliphatic carbocycles. The number of aromatic amines is 1. The number of likely N-dealkylation sites (N-methyl/N-ethyl adjacent to an activating group) is 1.